The molecular formula is C30H29N3O6. The fourth-order valence-corrected chi connectivity index (χ4v) is 4.68. The molecule has 0 aliphatic carbocycles. The Morgan fingerprint density at radius 3 is 2.46 bits per heavy atom. The second-order valence-corrected chi connectivity index (χ2v) is 9.31. The number of benzene rings is 3. The molecule has 1 aliphatic rings. The molecule has 1 saturated heterocycles. The number of hydrogen-bond donors (Lipinski definition) is 0. The van der Waals surface area contributed by atoms with E-state index in [1.165, 1.54) is 7.11 Å². The van der Waals surface area contributed by atoms with E-state index in [4.69, 9.17) is 18.7 Å². The highest BCUT2D eigenvalue weighted by molar-refractivity contribution is 5.77. The summed E-state index contributed by atoms with van der Waals surface area (Å²) >= 11 is 0. The van der Waals surface area contributed by atoms with Crippen molar-refractivity contribution in [2.45, 2.75) is 12.8 Å². The Balaban J connectivity index is 1.18. The van der Waals surface area contributed by atoms with Crippen molar-refractivity contribution in [3.63, 3.8) is 0 Å². The lowest BCUT2D eigenvalue weighted by atomic mass is 9.89. The van der Waals surface area contributed by atoms with Gasteiger partial charge in [-0.25, -0.2) is 4.79 Å². The summed E-state index contributed by atoms with van der Waals surface area (Å²) in [5.41, 5.74) is 1.87. The normalized spacial score (nSPS) is 16.6. The van der Waals surface area contributed by atoms with Crippen LogP contribution in [0.1, 0.15) is 11.4 Å². The van der Waals surface area contributed by atoms with Crippen LogP contribution in [0.5, 0.6) is 11.5 Å². The van der Waals surface area contributed by atoms with Crippen LogP contribution in [0.3, 0.4) is 0 Å². The van der Waals surface area contributed by atoms with E-state index < -0.39 is 12.0 Å². The van der Waals surface area contributed by atoms with Crippen molar-refractivity contribution in [2.75, 3.05) is 26.8 Å². The van der Waals surface area contributed by atoms with Crippen LogP contribution < -0.4 is 9.47 Å². The number of amides is 1. The molecule has 9 heteroatoms. The SMILES string of the molecule is COC(=O)[C@H]1CN(C(=O)Oc2ccccc2)C[C@H]1Cc1cccc(OCCc2noc(-c3ccccc3)n2)c1. The Hall–Kier alpha value is -4.66. The summed E-state index contributed by atoms with van der Waals surface area (Å²) in [7, 11) is 1.37. The summed E-state index contributed by atoms with van der Waals surface area (Å²) in [6.07, 6.45) is 0.593. The van der Waals surface area contributed by atoms with Crippen molar-refractivity contribution >= 4 is 12.1 Å². The molecule has 9 nitrogen and oxygen atoms in total. The number of carbonyl (C=O) groups is 2. The van der Waals surface area contributed by atoms with Crippen LogP contribution in [0.15, 0.2) is 89.5 Å². The van der Waals surface area contributed by atoms with Crippen LogP contribution in [-0.2, 0) is 22.4 Å². The van der Waals surface area contributed by atoms with Gasteiger partial charge in [0.25, 0.3) is 5.89 Å². The number of ether oxygens (including phenoxy) is 3. The molecule has 1 fully saturated rings. The van der Waals surface area contributed by atoms with Crippen molar-refractivity contribution in [1.29, 1.82) is 0 Å². The fraction of sp³-hybridized carbons (Fsp3) is 0.267. The van der Waals surface area contributed by atoms with E-state index in [-0.39, 0.29) is 18.4 Å². The molecule has 3 aromatic carbocycles. The van der Waals surface area contributed by atoms with Gasteiger partial charge in [0.1, 0.15) is 11.5 Å². The number of aromatic nitrogens is 2. The molecule has 2 heterocycles. The van der Waals surface area contributed by atoms with Crippen molar-refractivity contribution in [2.24, 2.45) is 11.8 Å². The van der Waals surface area contributed by atoms with Crippen LogP contribution in [0, 0.1) is 11.8 Å². The minimum Gasteiger partial charge on any atom is -0.493 e. The molecular weight excluding hydrogens is 498 g/mol. The van der Waals surface area contributed by atoms with E-state index in [2.05, 4.69) is 10.1 Å². The van der Waals surface area contributed by atoms with E-state index in [0.29, 0.717) is 49.2 Å². The second-order valence-electron chi connectivity index (χ2n) is 9.31. The van der Waals surface area contributed by atoms with Crippen LogP contribution >= 0.6 is 0 Å². The number of rotatable bonds is 9. The van der Waals surface area contributed by atoms with Gasteiger partial charge in [0.2, 0.25) is 0 Å². The lowest BCUT2D eigenvalue weighted by molar-refractivity contribution is -0.146. The number of para-hydroxylation sites is 1. The number of methoxy groups -OCH3 is 1. The van der Waals surface area contributed by atoms with E-state index in [1.807, 2.05) is 60.7 Å². The predicted molar refractivity (Wildman–Crippen MR) is 142 cm³/mol. The molecule has 1 aromatic heterocycles. The van der Waals surface area contributed by atoms with E-state index in [9.17, 15) is 9.59 Å². The molecule has 5 rings (SSSR count). The second kappa shape index (κ2) is 12.3. The molecule has 0 bridgehead atoms. The third kappa shape index (κ3) is 6.62. The van der Waals surface area contributed by atoms with Gasteiger partial charge >= 0.3 is 12.1 Å². The van der Waals surface area contributed by atoms with Gasteiger partial charge in [-0.1, -0.05) is 53.7 Å². The van der Waals surface area contributed by atoms with Crippen LogP contribution in [0.4, 0.5) is 4.79 Å². The van der Waals surface area contributed by atoms with Crippen molar-refractivity contribution < 1.29 is 28.3 Å². The standard InChI is InChI=1S/C30H29N3O6/c1-36-29(34)26-20-33(30(35)38-24-12-6-3-7-13-24)19-23(26)17-21-9-8-14-25(18-21)37-16-15-27-31-28(39-32-27)22-10-4-2-5-11-22/h2-14,18,23,26H,15-17,19-20H2,1H3/t23-,26+/m1/s1. The third-order valence-corrected chi connectivity index (χ3v) is 6.63. The maximum absolute atomic E-state index is 12.8. The first-order valence-corrected chi connectivity index (χ1v) is 12.8. The summed E-state index contributed by atoms with van der Waals surface area (Å²) in [6, 6.07) is 26.2. The Morgan fingerprint density at radius 2 is 1.69 bits per heavy atom. The van der Waals surface area contributed by atoms with Crippen LogP contribution in [0.2, 0.25) is 0 Å². The molecule has 1 amide bonds. The van der Waals surface area contributed by atoms with Crippen molar-refractivity contribution in [3.8, 4) is 23.0 Å². The van der Waals surface area contributed by atoms with E-state index >= 15 is 0 Å². The zero-order valence-corrected chi connectivity index (χ0v) is 21.6. The summed E-state index contributed by atoms with van der Waals surface area (Å²) < 4.78 is 21.8. The largest absolute Gasteiger partial charge is 0.493 e. The summed E-state index contributed by atoms with van der Waals surface area (Å²) in [5.74, 6) is 1.31. The first-order valence-electron chi connectivity index (χ1n) is 12.8. The van der Waals surface area contributed by atoms with Gasteiger partial charge in [-0.05, 0) is 54.3 Å². The number of carbonyl (C=O) groups excluding carboxylic acids is 2. The predicted octanol–water partition coefficient (Wildman–Crippen LogP) is 4.82. The van der Waals surface area contributed by atoms with Gasteiger partial charge in [-0.3, -0.25) is 4.79 Å². The Bertz CT molecular complexity index is 1390. The zero-order chi connectivity index (χ0) is 27.0. The summed E-state index contributed by atoms with van der Waals surface area (Å²) in [5, 5.41) is 4.04. The summed E-state index contributed by atoms with van der Waals surface area (Å²) in [4.78, 5) is 31.3. The average Bonchev–Trinajstić information content (AvgIpc) is 3.62. The number of likely N-dealkylation sites (tertiary alicyclic amines) is 1. The molecule has 0 N–H and O–H groups in total. The Labute approximate surface area is 226 Å². The topological polar surface area (TPSA) is 104 Å². The molecule has 4 aromatic rings. The lowest BCUT2D eigenvalue weighted by Crippen LogP contribution is -2.32. The minimum absolute atomic E-state index is 0.119. The molecule has 1 aliphatic heterocycles. The van der Waals surface area contributed by atoms with Gasteiger partial charge in [0, 0.05) is 25.1 Å². The quantitative estimate of drug-likeness (QED) is 0.286. The first-order chi connectivity index (χ1) is 19.1. The molecule has 200 valence electrons. The molecule has 0 unspecified atom stereocenters. The zero-order valence-electron chi connectivity index (χ0n) is 21.6. The Morgan fingerprint density at radius 1 is 0.949 bits per heavy atom. The fourth-order valence-electron chi connectivity index (χ4n) is 4.68. The lowest BCUT2D eigenvalue weighted by Gasteiger charge is -2.17. The highest BCUT2D eigenvalue weighted by Gasteiger charge is 2.41. The van der Waals surface area contributed by atoms with Crippen LogP contribution in [0.25, 0.3) is 11.5 Å². The molecule has 0 saturated carbocycles. The smallest absolute Gasteiger partial charge is 0.415 e. The van der Waals surface area contributed by atoms with Crippen molar-refractivity contribution in [1.82, 2.24) is 15.0 Å². The maximum atomic E-state index is 12.8. The van der Waals surface area contributed by atoms with Gasteiger partial charge in [-0.2, -0.15) is 4.98 Å². The highest BCUT2D eigenvalue weighted by Crippen LogP contribution is 2.30. The number of nitrogens with zero attached hydrogens (tertiary/aromatic N) is 3. The van der Waals surface area contributed by atoms with E-state index in [0.717, 1.165) is 11.1 Å². The Kier molecular flexibility index (Phi) is 8.16. The molecule has 0 radical (unpaired) electrons. The maximum Gasteiger partial charge on any atom is 0.415 e. The van der Waals surface area contributed by atoms with Gasteiger partial charge < -0.3 is 23.6 Å². The highest BCUT2D eigenvalue weighted by atomic mass is 16.6. The first kappa shape index (κ1) is 26.0. The molecule has 0 spiro atoms. The van der Waals surface area contributed by atoms with E-state index in [1.54, 1.807) is 29.2 Å². The van der Waals surface area contributed by atoms with Crippen molar-refractivity contribution in [3.05, 3.63) is 96.3 Å². The van der Waals surface area contributed by atoms with Gasteiger partial charge in [0.15, 0.2) is 5.82 Å². The molecule has 2 atom stereocenters. The molecule has 39 heavy (non-hydrogen) atoms. The minimum atomic E-state index is -0.480. The monoisotopic (exact) mass is 527 g/mol. The average molecular weight is 528 g/mol. The van der Waals surface area contributed by atoms with Gasteiger partial charge in [0.05, 0.1) is 19.6 Å². The summed E-state index contributed by atoms with van der Waals surface area (Å²) in [6.45, 7) is 1.01. The van der Waals surface area contributed by atoms with Gasteiger partial charge in [-0.15, -0.1) is 0 Å². The third-order valence-electron chi connectivity index (χ3n) is 6.63. The number of hydrogen-bond acceptors (Lipinski definition) is 8. The van der Waals surface area contributed by atoms with Crippen LogP contribution in [-0.4, -0.2) is 53.9 Å². The number of esters is 1.